The van der Waals surface area contributed by atoms with Crippen molar-refractivity contribution in [1.29, 1.82) is 0 Å². The molecule has 0 bridgehead atoms. The number of amides is 2. The zero-order chi connectivity index (χ0) is 22.0. The van der Waals surface area contributed by atoms with E-state index in [4.69, 9.17) is 23.2 Å². The summed E-state index contributed by atoms with van der Waals surface area (Å²) < 4.78 is 0. The van der Waals surface area contributed by atoms with E-state index in [2.05, 4.69) is 15.5 Å². The Morgan fingerprint density at radius 2 is 1.87 bits per heavy atom. The van der Waals surface area contributed by atoms with Gasteiger partial charge in [-0.15, -0.1) is 0 Å². The number of rotatable bonds is 5. The van der Waals surface area contributed by atoms with Crippen LogP contribution in [0.1, 0.15) is 29.0 Å². The van der Waals surface area contributed by atoms with E-state index >= 15 is 0 Å². The second kappa shape index (κ2) is 9.26. The first-order chi connectivity index (χ1) is 14.9. The number of benzene rings is 2. The third-order valence-corrected chi connectivity index (χ3v) is 6.07. The number of H-pyrrole nitrogens is 1. The van der Waals surface area contributed by atoms with E-state index in [1.807, 2.05) is 42.2 Å². The largest absolute Gasteiger partial charge is 0.348 e. The molecular formula is C22H23Cl2N5O2. The number of hydrogen-bond donors (Lipinski definition) is 2. The van der Waals surface area contributed by atoms with Gasteiger partial charge in [0, 0.05) is 41.6 Å². The molecule has 9 heteroatoms. The summed E-state index contributed by atoms with van der Waals surface area (Å²) >= 11 is 12.2. The molecule has 2 N–H and O–H groups in total. The molecule has 2 heterocycles. The smallest absolute Gasteiger partial charge is 0.275 e. The van der Waals surface area contributed by atoms with Crippen molar-refractivity contribution in [2.24, 2.45) is 0 Å². The SMILES string of the molecule is CC(NC(=O)CN1CCN(C(=O)c2n[nH]c3ccccc23)CC1)c1ccc(Cl)cc1Cl. The Labute approximate surface area is 190 Å². The number of piperazine rings is 1. The molecule has 1 atom stereocenters. The van der Waals surface area contributed by atoms with Crippen molar-refractivity contribution in [3.05, 3.63) is 63.8 Å². The first-order valence-corrected chi connectivity index (χ1v) is 10.9. The number of para-hydroxylation sites is 1. The van der Waals surface area contributed by atoms with Crippen LogP contribution >= 0.6 is 23.2 Å². The van der Waals surface area contributed by atoms with Gasteiger partial charge in [0.25, 0.3) is 5.91 Å². The number of carbonyl (C=O) groups is 2. The molecule has 1 fully saturated rings. The zero-order valence-electron chi connectivity index (χ0n) is 17.1. The molecule has 1 saturated heterocycles. The normalized spacial score (nSPS) is 15.8. The second-order valence-corrected chi connectivity index (χ2v) is 8.48. The molecule has 1 aliphatic heterocycles. The summed E-state index contributed by atoms with van der Waals surface area (Å²) in [6.45, 7) is 4.49. The number of halogens is 2. The monoisotopic (exact) mass is 459 g/mol. The maximum Gasteiger partial charge on any atom is 0.275 e. The van der Waals surface area contributed by atoms with E-state index < -0.39 is 0 Å². The van der Waals surface area contributed by atoms with E-state index in [-0.39, 0.29) is 24.4 Å². The van der Waals surface area contributed by atoms with Crippen LogP contribution in [0.2, 0.25) is 10.0 Å². The Morgan fingerprint density at radius 3 is 2.61 bits per heavy atom. The molecule has 162 valence electrons. The third-order valence-electron chi connectivity index (χ3n) is 5.51. The van der Waals surface area contributed by atoms with Crippen molar-refractivity contribution >= 4 is 45.9 Å². The van der Waals surface area contributed by atoms with Crippen molar-refractivity contribution < 1.29 is 9.59 Å². The quantitative estimate of drug-likeness (QED) is 0.611. The summed E-state index contributed by atoms with van der Waals surface area (Å²) in [5.41, 5.74) is 2.10. The summed E-state index contributed by atoms with van der Waals surface area (Å²) in [4.78, 5) is 29.2. The first-order valence-electron chi connectivity index (χ1n) is 10.1. The Morgan fingerprint density at radius 1 is 1.13 bits per heavy atom. The molecule has 0 radical (unpaired) electrons. The molecule has 1 aliphatic rings. The highest BCUT2D eigenvalue weighted by molar-refractivity contribution is 6.35. The van der Waals surface area contributed by atoms with Crippen LogP contribution in [0.25, 0.3) is 10.9 Å². The van der Waals surface area contributed by atoms with Gasteiger partial charge in [-0.2, -0.15) is 5.10 Å². The van der Waals surface area contributed by atoms with Crippen LogP contribution in [-0.4, -0.2) is 64.5 Å². The van der Waals surface area contributed by atoms with Crippen LogP contribution < -0.4 is 5.32 Å². The van der Waals surface area contributed by atoms with Crippen molar-refractivity contribution in [2.75, 3.05) is 32.7 Å². The lowest BCUT2D eigenvalue weighted by atomic mass is 10.1. The van der Waals surface area contributed by atoms with Crippen LogP contribution in [0.4, 0.5) is 0 Å². The highest BCUT2D eigenvalue weighted by Gasteiger charge is 2.26. The lowest BCUT2D eigenvalue weighted by molar-refractivity contribution is -0.123. The standard InChI is InChI=1S/C22H23Cl2N5O2/c1-14(16-7-6-15(23)12-18(16)24)25-20(30)13-28-8-10-29(11-9-28)22(31)21-17-4-2-3-5-19(17)26-27-21/h2-7,12,14H,8-11,13H2,1H3,(H,25,30)(H,26,27). The number of aromatic amines is 1. The molecule has 4 rings (SSSR count). The highest BCUT2D eigenvalue weighted by atomic mass is 35.5. The Bertz CT molecular complexity index is 1110. The Balaban J connectivity index is 1.29. The third kappa shape index (κ3) is 4.84. The first kappa shape index (κ1) is 21.6. The van der Waals surface area contributed by atoms with Gasteiger partial charge >= 0.3 is 0 Å². The van der Waals surface area contributed by atoms with E-state index in [1.165, 1.54) is 0 Å². The maximum atomic E-state index is 12.9. The fourth-order valence-electron chi connectivity index (χ4n) is 3.81. The Hall–Kier alpha value is -2.61. The van der Waals surface area contributed by atoms with Gasteiger partial charge in [-0.1, -0.05) is 47.5 Å². The van der Waals surface area contributed by atoms with Gasteiger partial charge in [-0.3, -0.25) is 19.6 Å². The van der Waals surface area contributed by atoms with Crippen LogP contribution in [-0.2, 0) is 4.79 Å². The molecule has 1 unspecified atom stereocenters. The fraction of sp³-hybridized carbons (Fsp3) is 0.318. The molecule has 0 spiro atoms. The summed E-state index contributed by atoms with van der Waals surface area (Å²) in [5.74, 6) is -0.177. The van der Waals surface area contributed by atoms with Crippen LogP contribution in [0.5, 0.6) is 0 Å². The molecule has 7 nitrogen and oxygen atoms in total. The van der Waals surface area contributed by atoms with E-state index in [9.17, 15) is 9.59 Å². The van der Waals surface area contributed by atoms with Crippen LogP contribution in [0, 0.1) is 0 Å². The van der Waals surface area contributed by atoms with Crippen molar-refractivity contribution in [3.8, 4) is 0 Å². The number of nitrogens with one attached hydrogen (secondary N) is 2. The number of aromatic nitrogens is 2. The fourth-order valence-corrected chi connectivity index (χ4v) is 4.38. The second-order valence-electron chi connectivity index (χ2n) is 7.64. The minimum Gasteiger partial charge on any atom is -0.348 e. The summed E-state index contributed by atoms with van der Waals surface area (Å²) in [6.07, 6.45) is 0. The van der Waals surface area contributed by atoms with Crippen molar-refractivity contribution in [1.82, 2.24) is 25.3 Å². The lowest BCUT2D eigenvalue weighted by Crippen LogP contribution is -2.51. The van der Waals surface area contributed by atoms with Gasteiger partial charge in [0.15, 0.2) is 5.69 Å². The lowest BCUT2D eigenvalue weighted by Gasteiger charge is -2.34. The molecule has 31 heavy (non-hydrogen) atoms. The van der Waals surface area contributed by atoms with Gasteiger partial charge in [0.05, 0.1) is 18.1 Å². The van der Waals surface area contributed by atoms with Crippen molar-refractivity contribution in [2.45, 2.75) is 13.0 Å². The predicted molar refractivity (Wildman–Crippen MR) is 121 cm³/mol. The highest BCUT2D eigenvalue weighted by Crippen LogP contribution is 2.26. The predicted octanol–water partition coefficient (Wildman–Crippen LogP) is 3.50. The molecule has 2 aromatic carbocycles. The summed E-state index contributed by atoms with van der Waals surface area (Å²) in [6, 6.07) is 12.6. The minimum absolute atomic E-state index is 0.0865. The minimum atomic E-state index is -0.229. The van der Waals surface area contributed by atoms with E-state index in [0.29, 0.717) is 41.9 Å². The summed E-state index contributed by atoms with van der Waals surface area (Å²) in [5, 5.41) is 12.0. The zero-order valence-corrected chi connectivity index (χ0v) is 18.6. The van der Waals surface area contributed by atoms with Gasteiger partial charge in [0.1, 0.15) is 0 Å². The van der Waals surface area contributed by atoms with Crippen molar-refractivity contribution in [3.63, 3.8) is 0 Å². The Kier molecular flexibility index (Phi) is 6.46. The number of fused-ring (bicyclic) bond motifs is 1. The molecule has 0 saturated carbocycles. The molecule has 1 aromatic heterocycles. The average molecular weight is 460 g/mol. The average Bonchev–Trinajstić information content (AvgIpc) is 3.17. The number of nitrogens with zero attached hydrogens (tertiary/aromatic N) is 3. The van der Waals surface area contributed by atoms with E-state index in [1.54, 1.807) is 17.0 Å². The van der Waals surface area contributed by atoms with E-state index in [0.717, 1.165) is 16.5 Å². The van der Waals surface area contributed by atoms with Crippen LogP contribution in [0.3, 0.4) is 0 Å². The van der Waals surface area contributed by atoms with Gasteiger partial charge in [-0.25, -0.2) is 0 Å². The summed E-state index contributed by atoms with van der Waals surface area (Å²) in [7, 11) is 0. The number of hydrogen-bond acceptors (Lipinski definition) is 4. The molecule has 3 aromatic rings. The van der Waals surface area contributed by atoms with Gasteiger partial charge in [-0.05, 0) is 30.7 Å². The molecule has 2 amide bonds. The maximum absolute atomic E-state index is 12.9. The number of carbonyl (C=O) groups excluding carboxylic acids is 2. The van der Waals surface area contributed by atoms with Gasteiger partial charge in [0.2, 0.25) is 5.91 Å². The molecule has 0 aliphatic carbocycles. The molecular weight excluding hydrogens is 437 g/mol. The topological polar surface area (TPSA) is 81.3 Å². The van der Waals surface area contributed by atoms with Gasteiger partial charge < -0.3 is 10.2 Å². The van der Waals surface area contributed by atoms with Crippen LogP contribution in [0.15, 0.2) is 42.5 Å².